The number of H-pyrrole nitrogens is 1. The lowest BCUT2D eigenvalue weighted by Crippen LogP contribution is -2.45. The van der Waals surface area contributed by atoms with Crippen molar-refractivity contribution in [2.24, 2.45) is 0 Å². The van der Waals surface area contributed by atoms with Crippen molar-refractivity contribution >= 4 is 29.2 Å². The van der Waals surface area contributed by atoms with E-state index in [1.54, 1.807) is 18.7 Å². The Morgan fingerprint density at radius 1 is 1.03 bits per heavy atom. The van der Waals surface area contributed by atoms with Crippen LogP contribution in [0.3, 0.4) is 0 Å². The molecule has 0 saturated carbocycles. The summed E-state index contributed by atoms with van der Waals surface area (Å²) in [6.45, 7) is 4.13. The van der Waals surface area contributed by atoms with Crippen molar-refractivity contribution in [1.29, 1.82) is 0 Å². The summed E-state index contributed by atoms with van der Waals surface area (Å²) < 4.78 is 0. The number of carbonyl (C=O) groups is 1. The van der Waals surface area contributed by atoms with Gasteiger partial charge in [0, 0.05) is 50.7 Å². The predicted octanol–water partition coefficient (Wildman–Crippen LogP) is 2.43. The van der Waals surface area contributed by atoms with Gasteiger partial charge in [0.15, 0.2) is 0 Å². The van der Waals surface area contributed by atoms with Gasteiger partial charge in [-0.1, -0.05) is 6.07 Å². The molecule has 0 aliphatic carbocycles. The summed E-state index contributed by atoms with van der Waals surface area (Å²) in [5, 5.41) is 3.27. The van der Waals surface area contributed by atoms with Gasteiger partial charge in [-0.3, -0.25) is 9.69 Å². The molecule has 3 aromatic heterocycles. The Kier molecular flexibility index (Phi) is 5.24. The quantitative estimate of drug-likeness (QED) is 0.467. The van der Waals surface area contributed by atoms with Crippen LogP contribution in [0.5, 0.6) is 0 Å². The van der Waals surface area contributed by atoms with Crippen LogP contribution in [0, 0.1) is 0 Å². The fourth-order valence-corrected chi connectivity index (χ4v) is 3.74. The maximum absolute atomic E-state index is 10.9. The monoisotopic (exact) mass is 414 g/mol. The molecule has 2 N–H and O–H groups in total. The molecule has 31 heavy (non-hydrogen) atoms. The minimum atomic E-state index is 0.638. The second-order valence-corrected chi connectivity index (χ2v) is 7.50. The van der Waals surface area contributed by atoms with E-state index in [2.05, 4.69) is 35.1 Å². The van der Waals surface area contributed by atoms with E-state index in [1.807, 2.05) is 41.3 Å². The summed E-state index contributed by atoms with van der Waals surface area (Å²) in [6.07, 6.45) is 6.00. The van der Waals surface area contributed by atoms with E-state index in [-0.39, 0.29) is 0 Å². The lowest BCUT2D eigenvalue weighted by atomic mass is 10.1. The fourth-order valence-electron chi connectivity index (χ4n) is 3.74. The highest BCUT2D eigenvalue weighted by Crippen LogP contribution is 2.23. The van der Waals surface area contributed by atoms with E-state index in [0.717, 1.165) is 67.2 Å². The van der Waals surface area contributed by atoms with Crippen LogP contribution in [0.2, 0.25) is 0 Å². The first kappa shape index (κ1) is 19.1. The average Bonchev–Trinajstić information content (AvgIpc) is 3.22. The molecule has 0 radical (unpaired) electrons. The van der Waals surface area contributed by atoms with Crippen molar-refractivity contribution in [2.75, 3.05) is 31.5 Å². The van der Waals surface area contributed by atoms with Crippen molar-refractivity contribution in [2.45, 2.75) is 6.54 Å². The first-order valence-corrected chi connectivity index (χ1v) is 10.2. The Morgan fingerprint density at radius 3 is 2.74 bits per heavy atom. The molecule has 1 amide bonds. The number of aromatic amines is 1. The molecule has 1 aliphatic rings. The first-order valence-electron chi connectivity index (χ1n) is 10.2. The molecule has 4 heterocycles. The van der Waals surface area contributed by atoms with Gasteiger partial charge in [-0.05, 0) is 35.9 Å². The van der Waals surface area contributed by atoms with Crippen molar-refractivity contribution in [3.63, 3.8) is 0 Å². The van der Waals surface area contributed by atoms with Crippen LogP contribution in [0.4, 0.5) is 11.8 Å². The Balaban J connectivity index is 1.29. The minimum absolute atomic E-state index is 0.638. The van der Waals surface area contributed by atoms with Crippen LogP contribution < -0.4 is 5.32 Å². The zero-order valence-electron chi connectivity index (χ0n) is 16.9. The van der Waals surface area contributed by atoms with Gasteiger partial charge in [-0.15, -0.1) is 0 Å². The molecule has 0 atom stereocenters. The first-order chi connectivity index (χ1) is 15.3. The molecule has 1 aliphatic heterocycles. The van der Waals surface area contributed by atoms with Crippen molar-refractivity contribution < 1.29 is 4.79 Å². The average molecular weight is 414 g/mol. The van der Waals surface area contributed by atoms with Crippen molar-refractivity contribution in [1.82, 2.24) is 34.7 Å². The van der Waals surface area contributed by atoms with Gasteiger partial charge >= 0.3 is 0 Å². The maximum Gasteiger partial charge on any atom is 0.209 e. The molecule has 9 nitrogen and oxygen atoms in total. The second kappa shape index (κ2) is 8.49. The van der Waals surface area contributed by atoms with E-state index in [9.17, 15) is 4.79 Å². The van der Waals surface area contributed by atoms with Gasteiger partial charge < -0.3 is 15.2 Å². The SMILES string of the molecule is O=CN1CCN(Cc2ccnc(Nc3nc4ccc(-c5ccncn5)cc4[nH]3)c2)CC1. The van der Waals surface area contributed by atoms with Gasteiger partial charge in [-0.25, -0.2) is 19.9 Å². The smallest absolute Gasteiger partial charge is 0.209 e. The normalized spacial score (nSPS) is 14.6. The summed E-state index contributed by atoms with van der Waals surface area (Å²) in [5.41, 5.74) is 4.82. The van der Waals surface area contributed by atoms with Gasteiger partial charge in [0.05, 0.1) is 16.7 Å². The van der Waals surface area contributed by atoms with Gasteiger partial charge in [0.2, 0.25) is 12.4 Å². The number of amides is 1. The molecular weight excluding hydrogens is 392 g/mol. The summed E-state index contributed by atoms with van der Waals surface area (Å²) in [4.78, 5) is 35.7. The number of benzene rings is 1. The van der Waals surface area contributed by atoms with E-state index in [1.165, 1.54) is 5.56 Å². The van der Waals surface area contributed by atoms with Crippen molar-refractivity contribution in [3.05, 3.63) is 60.7 Å². The molecule has 9 heteroatoms. The molecule has 4 aromatic rings. The van der Waals surface area contributed by atoms with E-state index in [4.69, 9.17) is 0 Å². The number of hydrogen-bond donors (Lipinski definition) is 2. The summed E-state index contributed by atoms with van der Waals surface area (Å²) in [6, 6.07) is 11.9. The number of nitrogens with zero attached hydrogens (tertiary/aromatic N) is 6. The number of piperazine rings is 1. The fraction of sp³-hybridized carbons (Fsp3) is 0.227. The third kappa shape index (κ3) is 4.36. The van der Waals surface area contributed by atoms with Crippen LogP contribution in [-0.2, 0) is 11.3 Å². The van der Waals surface area contributed by atoms with E-state index < -0.39 is 0 Å². The van der Waals surface area contributed by atoms with Gasteiger partial charge in [-0.2, -0.15) is 0 Å². The molecule has 5 rings (SSSR count). The summed E-state index contributed by atoms with van der Waals surface area (Å²) in [5.74, 6) is 1.37. The molecular formula is C22H22N8O. The number of fused-ring (bicyclic) bond motifs is 1. The molecule has 1 saturated heterocycles. The van der Waals surface area contributed by atoms with Crippen LogP contribution >= 0.6 is 0 Å². The molecule has 1 fully saturated rings. The standard InChI is InChI=1S/C22H22N8O/c31-15-30-9-7-29(8-10-30)13-16-3-6-24-21(11-16)28-22-26-19-2-1-17(12-20(19)27-22)18-4-5-23-14-25-18/h1-6,11-12,14-15H,7-10,13H2,(H2,24,26,27,28). The Bertz CT molecular complexity index is 1180. The molecule has 0 bridgehead atoms. The maximum atomic E-state index is 10.9. The zero-order valence-corrected chi connectivity index (χ0v) is 16.9. The largest absolute Gasteiger partial charge is 0.343 e. The van der Waals surface area contributed by atoms with E-state index >= 15 is 0 Å². The van der Waals surface area contributed by atoms with Crippen molar-refractivity contribution in [3.8, 4) is 11.3 Å². The van der Waals surface area contributed by atoms with Crippen LogP contribution in [-0.4, -0.2) is 67.3 Å². The molecule has 156 valence electrons. The lowest BCUT2D eigenvalue weighted by Gasteiger charge is -2.32. The summed E-state index contributed by atoms with van der Waals surface area (Å²) >= 11 is 0. The third-order valence-electron chi connectivity index (χ3n) is 5.39. The number of pyridine rings is 1. The molecule has 1 aromatic carbocycles. The highest BCUT2D eigenvalue weighted by molar-refractivity contribution is 5.83. The number of aromatic nitrogens is 5. The zero-order chi connectivity index (χ0) is 21.0. The van der Waals surface area contributed by atoms with E-state index in [0.29, 0.717) is 5.95 Å². The highest BCUT2D eigenvalue weighted by atomic mass is 16.1. The predicted molar refractivity (Wildman–Crippen MR) is 118 cm³/mol. The number of anilines is 2. The Labute approximate surface area is 179 Å². The number of carbonyl (C=O) groups excluding carboxylic acids is 1. The number of imidazole rings is 1. The summed E-state index contributed by atoms with van der Waals surface area (Å²) in [7, 11) is 0. The van der Waals surface area contributed by atoms with Gasteiger partial charge in [0.1, 0.15) is 12.1 Å². The Morgan fingerprint density at radius 2 is 1.94 bits per heavy atom. The minimum Gasteiger partial charge on any atom is -0.343 e. The molecule has 0 unspecified atom stereocenters. The van der Waals surface area contributed by atoms with Crippen LogP contribution in [0.15, 0.2) is 55.1 Å². The number of hydrogen-bond acceptors (Lipinski definition) is 7. The van der Waals surface area contributed by atoms with Crippen LogP contribution in [0.25, 0.3) is 22.3 Å². The lowest BCUT2D eigenvalue weighted by molar-refractivity contribution is -0.119. The third-order valence-corrected chi connectivity index (χ3v) is 5.39. The van der Waals surface area contributed by atoms with Crippen LogP contribution in [0.1, 0.15) is 5.56 Å². The topological polar surface area (TPSA) is 103 Å². The van der Waals surface area contributed by atoms with Gasteiger partial charge in [0.25, 0.3) is 0 Å². The number of nitrogens with one attached hydrogen (secondary N) is 2. The number of rotatable bonds is 6. The Hall–Kier alpha value is -3.85. The molecule has 0 spiro atoms. The second-order valence-electron chi connectivity index (χ2n) is 7.50. The highest BCUT2D eigenvalue weighted by Gasteiger charge is 2.15.